The minimum absolute atomic E-state index is 0. The first kappa shape index (κ1) is 18.4. The first-order valence-corrected chi connectivity index (χ1v) is 8.78. The number of rotatable bonds is 2. The van der Waals surface area contributed by atoms with E-state index >= 15 is 0 Å². The molecule has 2 N–H and O–H groups in total. The van der Waals surface area contributed by atoms with E-state index in [9.17, 15) is 4.79 Å². The highest BCUT2D eigenvalue weighted by Gasteiger charge is 2.25. The lowest BCUT2D eigenvalue weighted by atomic mass is 9.87. The van der Waals surface area contributed by atoms with Gasteiger partial charge in [0.2, 0.25) is 0 Å². The van der Waals surface area contributed by atoms with E-state index < -0.39 is 0 Å². The maximum absolute atomic E-state index is 12.5. The Labute approximate surface area is 160 Å². The van der Waals surface area contributed by atoms with Gasteiger partial charge in [-0.05, 0) is 46.2 Å². The van der Waals surface area contributed by atoms with Gasteiger partial charge in [-0.3, -0.25) is 4.79 Å². The zero-order valence-electron chi connectivity index (χ0n) is 14.5. The second-order valence-corrected chi connectivity index (χ2v) is 6.64. The smallest absolute Gasteiger partial charge is 0.153 e. The van der Waals surface area contributed by atoms with Crippen molar-refractivity contribution in [2.45, 2.75) is 25.3 Å². The molecule has 0 saturated carbocycles. The van der Waals surface area contributed by atoms with Crippen LogP contribution in [0.1, 0.15) is 17.5 Å². The van der Waals surface area contributed by atoms with Crippen molar-refractivity contribution in [2.75, 3.05) is 0 Å². The molecule has 0 saturated heterocycles. The molecule has 0 aromatic heterocycles. The van der Waals surface area contributed by atoms with E-state index in [0.29, 0.717) is 12.8 Å². The van der Waals surface area contributed by atoms with Crippen molar-refractivity contribution < 1.29 is 4.79 Å². The molecule has 0 heterocycles. The average molecular weight is 364 g/mol. The quantitative estimate of drug-likeness (QED) is 0.663. The summed E-state index contributed by atoms with van der Waals surface area (Å²) in [6.07, 6.45) is 1.97. The summed E-state index contributed by atoms with van der Waals surface area (Å²) in [5.41, 5.74) is 13.2. The minimum atomic E-state index is -0.361. The van der Waals surface area contributed by atoms with Crippen LogP contribution in [0.15, 0.2) is 72.8 Å². The number of carbonyl (C=O) groups excluding carboxylic acids is 1. The number of benzene rings is 3. The van der Waals surface area contributed by atoms with Gasteiger partial charge in [-0.2, -0.15) is 0 Å². The lowest BCUT2D eigenvalue weighted by Gasteiger charge is -2.17. The number of nitrogens with two attached hydrogens (primary N) is 1. The van der Waals surface area contributed by atoms with Crippen LogP contribution in [-0.2, 0) is 17.6 Å². The van der Waals surface area contributed by atoms with Crippen LogP contribution in [0.2, 0.25) is 0 Å². The van der Waals surface area contributed by atoms with Gasteiger partial charge in [0.1, 0.15) is 0 Å². The van der Waals surface area contributed by atoms with Gasteiger partial charge >= 0.3 is 0 Å². The number of fused-ring (bicyclic) bond motifs is 1. The predicted octanol–water partition coefficient (Wildman–Crippen LogP) is 4.83. The van der Waals surface area contributed by atoms with Crippen LogP contribution in [0.3, 0.4) is 0 Å². The number of Topliss-reactive ketones (excluding diaryl/α,β-unsaturated/α-hetero) is 1. The van der Waals surface area contributed by atoms with Crippen molar-refractivity contribution in [2.24, 2.45) is 5.73 Å². The summed E-state index contributed by atoms with van der Waals surface area (Å²) >= 11 is 0. The van der Waals surface area contributed by atoms with E-state index in [1.54, 1.807) is 0 Å². The molecule has 1 unspecified atom stereocenters. The highest BCUT2D eigenvalue weighted by Crippen LogP contribution is 2.36. The van der Waals surface area contributed by atoms with Crippen LogP contribution >= 0.6 is 12.4 Å². The van der Waals surface area contributed by atoms with Gasteiger partial charge in [0.25, 0.3) is 0 Å². The first-order chi connectivity index (χ1) is 12.2. The van der Waals surface area contributed by atoms with E-state index in [1.165, 1.54) is 16.7 Å². The van der Waals surface area contributed by atoms with Crippen LogP contribution in [0.5, 0.6) is 0 Å². The Morgan fingerprint density at radius 1 is 0.731 bits per heavy atom. The van der Waals surface area contributed by atoms with Gasteiger partial charge < -0.3 is 5.73 Å². The molecule has 0 spiro atoms. The summed E-state index contributed by atoms with van der Waals surface area (Å²) in [7, 11) is 0. The van der Waals surface area contributed by atoms with E-state index in [2.05, 4.69) is 48.5 Å². The number of ketones is 1. The topological polar surface area (TPSA) is 43.1 Å². The number of hydrogen-bond acceptors (Lipinski definition) is 2. The van der Waals surface area contributed by atoms with Gasteiger partial charge in [-0.1, -0.05) is 72.8 Å². The van der Waals surface area contributed by atoms with Crippen LogP contribution in [0.4, 0.5) is 0 Å². The molecule has 1 aliphatic rings. The molecule has 1 aliphatic carbocycles. The average Bonchev–Trinajstić information content (AvgIpc) is 2.81. The second kappa shape index (κ2) is 7.86. The zero-order chi connectivity index (χ0) is 17.2. The Morgan fingerprint density at radius 3 is 1.77 bits per heavy atom. The summed E-state index contributed by atoms with van der Waals surface area (Å²) in [4.78, 5) is 12.5. The summed E-state index contributed by atoms with van der Waals surface area (Å²) in [6.45, 7) is 0. The molecule has 3 aromatic rings. The maximum atomic E-state index is 12.5. The van der Waals surface area contributed by atoms with E-state index in [-0.39, 0.29) is 24.2 Å². The third kappa shape index (κ3) is 3.44. The Kier molecular flexibility index (Phi) is 5.55. The number of halogens is 1. The van der Waals surface area contributed by atoms with E-state index in [1.807, 2.05) is 24.3 Å². The Hall–Kier alpha value is -2.42. The van der Waals surface area contributed by atoms with Gasteiger partial charge in [-0.25, -0.2) is 0 Å². The monoisotopic (exact) mass is 363 g/mol. The molecule has 0 radical (unpaired) electrons. The van der Waals surface area contributed by atoms with Gasteiger partial charge in [0.05, 0.1) is 6.04 Å². The first-order valence-electron chi connectivity index (χ1n) is 8.78. The van der Waals surface area contributed by atoms with Crippen LogP contribution in [0.25, 0.3) is 22.3 Å². The molecule has 3 heteroatoms. The van der Waals surface area contributed by atoms with Crippen molar-refractivity contribution in [3.05, 3.63) is 83.9 Å². The van der Waals surface area contributed by atoms with Crippen molar-refractivity contribution in [3.8, 4) is 22.3 Å². The molecule has 0 bridgehead atoms. The molecule has 0 amide bonds. The molecule has 132 valence electrons. The maximum Gasteiger partial charge on any atom is 0.153 e. The molecule has 0 aliphatic heterocycles. The van der Waals surface area contributed by atoms with Crippen molar-refractivity contribution in [3.63, 3.8) is 0 Å². The highest BCUT2D eigenvalue weighted by molar-refractivity contribution is 5.90. The normalized spacial score (nSPS) is 16.3. The molecule has 0 fully saturated rings. The van der Waals surface area contributed by atoms with Gasteiger partial charge in [0, 0.05) is 6.42 Å². The summed E-state index contributed by atoms with van der Waals surface area (Å²) in [5.74, 6) is 0.140. The number of hydrogen-bond donors (Lipinski definition) is 1. The third-order valence-electron chi connectivity index (χ3n) is 5.07. The third-order valence-corrected chi connectivity index (χ3v) is 5.07. The van der Waals surface area contributed by atoms with Crippen LogP contribution < -0.4 is 5.73 Å². The van der Waals surface area contributed by atoms with Crippen LogP contribution in [0, 0.1) is 0 Å². The van der Waals surface area contributed by atoms with E-state index in [4.69, 9.17) is 5.73 Å². The number of carbonyl (C=O) groups is 1. The standard InChI is InChI=1S/C23H21NO.ClH/c24-22-14-13-20-18(16-7-3-1-4-8-16)11-12-19(21(20)15-23(22)25)17-9-5-2-6-10-17;/h1-12,22H,13-15,24H2;1H. The molecular weight excluding hydrogens is 342 g/mol. The Bertz CT molecular complexity index is 906. The molecule has 1 atom stereocenters. The lowest BCUT2D eigenvalue weighted by Crippen LogP contribution is -2.30. The molecule has 26 heavy (non-hydrogen) atoms. The van der Waals surface area contributed by atoms with Crippen molar-refractivity contribution >= 4 is 18.2 Å². The van der Waals surface area contributed by atoms with Gasteiger partial charge in [0.15, 0.2) is 5.78 Å². The fourth-order valence-corrected chi connectivity index (χ4v) is 3.72. The lowest BCUT2D eigenvalue weighted by molar-refractivity contribution is -0.119. The molecular formula is C23H22ClNO. The van der Waals surface area contributed by atoms with Crippen LogP contribution in [-0.4, -0.2) is 11.8 Å². The fraction of sp³-hybridized carbons (Fsp3) is 0.174. The summed E-state index contributed by atoms with van der Waals surface area (Å²) < 4.78 is 0. The fourth-order valence-electron chi connectivity index (χ4n) is 3.72. The minimum Gasteiger partial charge on any atom is -0.321 e. The SMILES string of the molecule is Cl.NC1CCc2c(-c3ccccc3)ccc(-c3ccccc3)c2CC1=O. The summed E-state index contributed by atoms with van der Waals surface area (Å²) in [5, 5.41) is 0. The summed E-state index contributed by atoms with van der Waals surface area (Å²) in [6, 6.07) is 24.7. The van der Waals surface area contributed by atoms with Crippen molar-refractivity contribution in [1.82, 2.24) is 0 Å². The van der Waals surface area contributed by atoms with Gasteiger partial charge in [-0.15, -0.1) is 12.4 Å². The largest absolute Gasteiger partial charge is 0.321 e. The Balaban J connectivity index is 0.00000196. The second-order valence-electron chi connectivity index (χ2n) is 6.64. The zero-order valence-corrected chi connectivity index (χ0v) is 15.3. The predicted molar refractivity (Wildman–Crippen MR) is 110 cm³/mol. The van der Waals surface area contributed by atoms with Crippen molar-refractivity contribution in [1.29, 1.82) is 0 Å². The highest BCUT2D eigenvalue weighted by atomic mass is 35.5. The van der Waals surface area contributed by atoms with E-state index in [0.717, 1.165) is 23.1 Å². The molecule has 3 aromatic carbocycles. The Morgan fingerprint density at radius 2 is 1.23 bits per heavy atom. The molecule has 4 rings (SSSR count). The molecule has 2 nitrogen and oxygen atoms in total.